The highest BCUT2D eigenvalue weighted by Crippen LogP contribution is 2.20. The van der Waals surface area contributed by atoms with Crippen LogP contribution >= 0.6 is 0 Å². The van der Waals surface area contributed by atoms with Gasteiger partial charge in [0.25, 0.3) is 0 Å². The second-order valence-electron chi connectivity index (χ2n) is 2.60. The maximum Gasteiger partial charge on any atom is 0.163 e. The monoisotopic (exact) mass is 178 g/mol. The Morgan fingerprint density at radius 2 is 2.46 bits per heavy atom. The Morgan fingerprint density at radius 1 is 1.62 bits per heavy atom. The summed E-state index contributed by atoms with van der Waals surface area (Å²) in [6.45, 7) is 2.76. The molecule has 0 aliphatic heterocycles. The number of nitrogen functional groups attached to an aromatic ring is 1. The van der Waals surface area contributed by atoms with Crippen LogP contribution in [0, 0.1) is 0 Å². The molecule has 2 rings (SSSR count). The van der Waals surface area contributed by atoms with Crippen molar-refractivity contribution in [1.82, 2.24) is 25.0 Å². The average molecular weight is 178 g/mol. The van der Waals surface area contributed by atoms with Crippen molar-refractivity contribution in [3.05, 3.63) is 12.5 Å². The van der Waals surface area contributed by atoms with Gasteiger partial charge in [-0.15, -0.1) is 0 Å². The van der Waals surface area contributed by atoms with Gasteiger partial charge in [0, 0.05) is 6.54 Å². The lowest BCUT2D eigenvalue weighted by molar-refractivity contribution is 0.666. The second kappa shape index (κ2) is 2.89. The molecule has 0 atom stereocenters. The Hall–Kier alpha value is -1.85. The fourth-order valence-electron chi connectivity index (χ4n) is 1.18. The number of H-pyrrole nitrogens is 1. The average Bonchev–Trinajstić information content (AvgIpc) is 2.71. The first-order valence-corrected chi connectivity index (χ1v) is 4.00. The Kier molecular flexibility index (Phi) is 1.73. The third-order valence-corrected chi connectivity index (χ3v) is 1.82. The van der Waals surface area contributed by atoms with E-state index in [-0.39, 0.29) is 0 Å². The van der Waals surface area contributed by atoms with Gasteiger partial charge in [-0.3, -0.25) is 5.10 Å². The molecule has 0 amide bonds. The van der Waals surface area contributed by atoms with Gasteiger partial charge in [0.1, 0.15) is 12.1 Å². The molecule has 0 aliphatic rings. The van der Waals surface area contributed by atoms with Crippen LogP contribution in [0.25, 0.3) is 11.4 Å². The Labute approximate surface area is 74.8 Å². The van der Waals surface area contributed by atoms with Gasteiger partial charge < -0.3 is 5.73 Å². The molecular formula is C7H10N6. The lowest BCUT2D eigenvalue weighted by Crippen LogP contribution is -2.00. The van der Waals surface area contributed by atoms with E-state index in [4.69, 9.17) is 5.73 Å². The number of hydrogen-bond acceptors (Lipinski definition) is 4. The van der Waals surface area contributed by atoms with E-state index in [0.29, 0.717) is 5.82 Å². The van der Waals surface area contributed by atoms with Crippen LogP contribution in [0.5, 0.6) is 0 Å². The summed E-state index contributed by atoms with van der Waals surface area (Å²) in [5.74, 6) is 1.26. The normalized spacial score (nSPS) is 10.5. The van der Waals surface area contributed by atoms with Crippen LogP contribution in [0.3, 0.4) is 0 Å². The predicted octanol–water partition coefficient (Wildman–Crippen LogP) is 0.270. The summed E-state index contributed by atoms with van der Waals surface area (Å²) in [6, 6.07) is 0. The Bertz CT molecular complexity index is 401. The zero-order valence-electron chi connectivity index (χ0n) is 7.23. The van der Waals surface area contributed by atoms with Gasteiger partial charge in [0.05, 0.1) is 11.8 Å². The molecule has 0 radical (unpaired) electrons. The number of hydrogen-bond donors (Lipinski definition) is 2. The van der Waals surface area contributed by atoms with Gasteiger partial charge in [-0.25, -0.2) is 9.67 Å². The number of anilines is 1. The number of aromatic nitrogens is 5. The van der Waals surface area contributed by atoms with E-state index in [1.165, 1.54) is 6.33 Å². The van der Waals surface area contributed by atoms with Crippen LogP contribution in [0.1, 0.15) is 6.92 Å². The molecule has 13 heavy (non-hydrogen) atoms. The molecule has 68 valence electrons. The van der Waals surface area contributed by atoms with Gasteiger partial charge in [0.15, 0.2) is 5.82 Å². The number of nitrogens with zero attached hydrogens (tertiary/aromatic N) is 4. The summed E-state index contributed by atoms with van der Waals surface area (Å²) < 4.78 is 1.77. The van der Waals surface area contributed by atoms with Gasteiger partial charge in [-0.1, -0.05) is 0 Å². The first-order valence-electron chi connectivity index (χ1n) is 4.00. The van der Waals surface area contributed by atoms with Crippen LogP contribution in [0.2, 0.25) is 0 Å². The highest BCUT2D eigenvalue weighted by molar-refractivity contribution is 5.66. The minimum absolute atomic E-state index is 0.516. The molecule has 0 aromatic carbocycles. The first-order chi connectivity index (χ1) is 6.33. The van der Waals surface area contributed by atoms with Crippen LogP contribution in [-0.2, 0) is 6.54 Å². The molecule has 2 aromatic heterocycles. The van der Waals surface area contributed by atoms with Crippen molar-refractivity contribution in [3.8, 4) is 11.4 Å². The fourth-order valence-corrected chi connectivity index (χ4v) is 1.18. The molecule has 6 nitrogen and oxygen atoms in total. The van der Waals surface area contributed by atoms with Gasteiger partial charge in [-0.2, -0.15) is 10.2 Å². The van der Waals surface area contributed by atoms with Crippen molar-refractivity contribution in [2.45, 2.75) is 13.5 Å². The fraction of sp³-hybridized carbons (Fsp3) is 0.286. The number of nitrogens with one attached hydrogen (secondary N) is 1. The number of rotatable bonds is 2. The molecule has 0 spiro atoms. The number of aryl methyl sites for hydroxylation is 1. The standard InChI is InChI=1S/C7H10N6/c1-2-13-7(9-4-11-13)5-3-10-12-6(5)8/h3-4H,2H2,1H3,(H3,8,10,12). The molecule has 0 bridgehead atoms. The first kappa shape index (κ1) is 7.78. The van der Waals surface area contributed by atoms with E-state index >= 15 is 0 Å². The summed E-state index contributed by atoms with van der Waals surface area (Å²) in [5, 5.41) is 10.5. The smallest absolute Gasteiger partial charge is 0.163 e. The minimum atomic E-state index is 0.516. The van der Waals surface area contributed by atoms with Crippen molar-refractivity contribution in [2.24, 2.45) is 0 Å². The van der Waals surface area contributed by atoms with E-state index in [0.717, 1.165) is 17.9 Å². The summed E-state index contributed by atoms with van der Waals surface area (Å²) in [7, 11) is 0. The zero-order chi connectivity index (χ0) is 9.26. The van der Waals surface area contributed by atoms with Crippen LogP contribution in [-0.4, -0.2) is 25.0 Å². The summed E-state index contributed by atoms with van der Waals surface area (Å²) in [4.78, 5) is 4.10. The molecule has 2 aromatic rings. The molecule has 0 saturated heterocycles. The van der Waals surface area contributed by atoms with E-state index in [9.17, 15) is 0 Å². The molecule has 0 unspecified atom stereocenters. The van der Waals surface area contributed by atoms with Gasteiger partial charge in [-0.05, 0) is 6.92 Å². The third-order valence-electron chi connectivity index (χ3n) is 1.82. The van der Waals surface area contributed by atoms with Crippen molar-refractivity contribution in [1.29, 1.82) is 0 Å². The Balaban J connectivity index is 2.52. The van der Waals surface area contributed by atoms with E-state index < -0.39 is 0 Å². The van der Waals surface area contributed by atoms with E-state index in [1.54, 1.807) is 10.9 Å². The van der Waals surface area contributed by atoms with Crippen LogP contribution in [0.15, 0.2) is 12.5 Å². The molecule has 2 heterocycles. The van der Waals surface area contributed by atoms with Crippen LogP contribution < -0.4 is 5.73 Å². The van der Waals surface area contributed by atoms with E-state index in [2.05, 4.69) is 20.3 Å². The Morgan fingerprint density at radius 3 is 3.08 bits per heavy atom. The third kappa shape index (κ3) is 1.16. The SMILES string of the molecule is CCn1ncnc1-c1cn[nH]c1N. The number of nitrogens with two attached hydrogens (primary N) is 1. The lowest BCUT2D eigenvalue weighted by atomic mass is 10.3. The second-order valence-corrected chi connectivity index (χ2v) is 2.60. The maximum absolute atomic E-state index is 5.66. The highest BCUT2D eigenvalue weighted by Gasteiger charge is 2.10. The summed E-state index contributed by atoms with van der Waals surface area (Å²) in [6.07, 6.45) is 3.15. The van der Waals surface area contributed by atoms with Crippen molar-refractivity contribution >= 4 is 5.82 Å². The zero-order valence-corrected chi connectivity index (χ0v) is 7.23. The van der Waals surface area contributed by atoms with E-state index in [1.807, 2.05) is 6.92 Å². The molecule has 0 fully saturated rings. The van der Waals surface area contributed by atoms with Crippen molar-refractivity contribution < 1.29 is 0 Å². The topological polar surface area (TPSA) is 85.4 Å². The van der Waals surface area contributed by atoms with Crippen LogP contribution in [0.4, 0.5) is 5.82 Å². The molecule has 3 N–H and O–H groups in total. The van der Waals surface area contributed by atoms with Gasteiger partial charge in [0.2, 0.25) is 0 Å². The minimum Gasteiger partial charge on any atom is -0.383 e. The maximum atomic E-state index is 5.66. The predicted molar refractivity (Wildman–Crippen MR) is 47.7 cm³/mol. The van der Waals surface area contributed by atoms with Crippen molar-refractivity contribution in [2.75, 3.05) is 5.73 Å². The molecule has 0 aliphatic carbocycles. The molecular weight excluding hydrogens is 168 g/mol. The lowest BCUT2D eigenvalue weighted by Gasteiger charge is -1.99. The summed E-state index contributed by atoms with van der Waals surface area (Å²) in [5.41, 5.74) is 6.45. The van der Waals surface area contributed by atoms with Crippen molar-refractivity contribution in [3.63, 3.8) is 0 Å². The summed E-state index contributed by atoms with van der Waals surface area (Å²) >= 11 is 0. The molecule has 0 saturated carbocycles. The molecule has 6 heteroatoms. The number of aromatic amines is 1. The van der Waals surface area contributed by atoms with Gasteiger partial charge >= 0.3 is 0 Å². The quantitative estimate of drug-likeness (QED) is 0.691. The largest absolute Gasteiger partial charge is 0.383 e. The highest BCUT2D eigenvalue weighted by atomic mass is 15.3.